The van der Waals surface area contributed by atoms with Gasteiger partial charge < -0.3 is 20.9 Å². The van der Waals surface area contributed by atoms with Crippen LogP contribution in [0, 0.1) is 13.8 Å². The number of aryl methyl sites for hydroxylation is 2. The molecule has 0 bridgehead atoms. The summed E-state index contributed by atoms with van der Waals surface area (Å²) in [4.78, 5) is 0. The zero-order valence-corrected chi connectivity index (χ0v) is 15.4. The van der Waals surface area contributed by atoms with Gasteiger partial charge >= 0.3 is 0 Å². The van der Waals surface area contributed by atoms with Gasteiger partial charge in [0.15, 0.2) is 6.29 Å². The molecule has 1 unspecified atom stereocenters. The number of nitrogens with two attached hydrogens (primary N) is 1. The van der Waals surface area contributed by atoms with Crippen molar-refractivity contribution in [1.29, 1.82) is 0 Å². The van der Waals surface area contributed by atoms with Gasteiger partial charge in [-0.2, -0.15) is 0 Å². The molecule has 4 N–H and O–H groups in total. The molecule has 0 saturated carbocycles. The zero-order chi connectivity index (χ0) is 17.5. The summed E-state index contributed by atoms with van der Waals surface area (Å²) in [5.74, 6) is 0. The van der Waals surface area contributed by atoms with Gasteiger partial charge in [0.05, 0.1) is 17.0 Å². The summed E-state index contributed by atoms with van der Waals surface area (Å²) in [5.41, 5.74) is 10.1. The van der Waals surface area contributed by atoms with Gasteiger partial charge in [0, 0.05) is 6.54 Å². The minimum atomic E-state index is -0.650. The zero-order valence-electron chi connectivity index (χ0n) is 15.4. The number of benzene rings is 1. The number of anilines is 2. The van der Waals surface area contributed by atoms with Crippen LogP contribution in [-0.4, -0.2) is 23.5 Å². The second-order valence-electron chi connectivity index (χ2n) is 7.34. The Morgan fingerprint density at radius 1 is 1.09 bits per heavy atom. The molecule has 4 nitrogen and oxygen atoms in total. The largest absolute Gasteiger partial charge is 0.397 e. The average Bonchev–Trinajstić information content (AvgIpc) is 2.41. The van der Waals surface area contributed by atoms with Crippen molar-refractivity contribution < 1.29 is 9.84 Å². The lowest BCUT2D eigenvalue weighted by molar-refractivity contribution is -0.168. The standard InChI is InChI=1S/C19H34N2O2/c1-14-12-16(20)17(13-15(14)2)21-11-9-7-6-8-10-18(22)23-19(3,4)5/h12-13,18,21-22H,6-11,20H2,1-5H3. The molecule has 0 fully saturated rings. The van der Waals surface area contributed by atoms with Gasteiger partial charge in [-0.25, -0.2) is 0 Å². The fourth-order valence-corrected chi connectivity index (χ4v) is 2.48. The van der Waals surface area contributed by atoms with Crippen LogP contribution >= 0.6 is 0 Å². The molecule has 23 heavy (non-hydrogen) atoms. The maximum absolute atomic E-state index is 9.77. The Morgan fingerprint density at radius 2 is 1.70 bits per heavy atom. The molecule has 1 aromatic carbocycles. The van der Waals surface area contributed by atoms with Crippen LogP contribution < -0.4 is 11.1 Å². The Balaban J connectivity index is 2.13. The highest BCUT2D eigenvalue weighted by Gasteiger charge is 2.15. The summed E-state index contributed by atoms with van der Waals surface area (Å²) in [7, 11) is 0. The average molecular weight is 322 g/mol. The molecular formula is C19H34N2O2. The first-order valence-corrected chi connectivity index (χ1v) is 8.65. The third-order valence-electron chi connectivity index (χ3n) is 3.85. The van der Waals surface area contributed by atoms with E-state index < -0.39 is 6.29 Å². The number of ether oxygens (including phenoxy) is 1. The predicted octanol–water partition coefficient (Wildman–Crippen LogP) is 4.38. The lowest BCUT2D eigenvalue weighted by Gasteiger charge is -2.23. The second kappa shape index (κ2) is 9.14. The van der Waals surface area contributed by atoms with E-state index in [1.165, 1.54) is 11.1 Å². The molecule has 0 spiro atoms. The fourth-order valence-electron chi connectivity index (χ4n) is 2.48. The van der Waals surface area contributed by atoms with Crippen molar-refractivity contribution in [1.82, 2.24) is 0 Å². The molecule has 1 atom stereocenters. The number of unbranched alkanes of at least 4 members (excludes halogenated alkanes) is 3. The van der Waals surface area contributed by atoms with Crippen molar-refractivity contribution in [2.24, 2.45) is 0 Å². The number of rotatable bonds is 9. The minimum absolute atomic E-state index is 0.282. The van der Waals surface area contributed by atoms with Crippen molar-refractivity contribution >= 4 is 11.4 Å². The highest BCUT2D eigenvalue weighted by Crippen LogP contribution is 2.23. The molecule has 4 heteroatoms. The summed E-state index contributed by atoms with van der Waals surface area (Å²) >= 11 is 0. The van der Waals surface area contributed by atoms with Gasteiger partial charge in [0.1, 0.15) is 0 Å². The van der Waals surface area contributed by atoms with Crippen LogP contribution in [0.25, 0.3) is 0 Å². The number of nitrogen functional groups attached to an aromatic ring is 1. The second-order valence-corrected chi connectivity index (χ2v) is 7.34. The van der Waals surface area contributed by atoms with Crippen molar-refractivity contribution in [3.05, 3.63) is 23.3 Å². The molecule has 0 saturated heterocycles. The third kappa shape index (κ3) is 8.24. The molecule has 1 aromatic rings. The van der Waals surface area contributed by atoms with Gasteiger partial charge in [-0.05, 0) is 77.1 Å². The van der Waals surface area contributed by atoms with E-state index in [1.54, 1.807) is 0 Å². The van der Waals surface area contributed by atoms with Gasteiger partial charge in [-0.3, -0.25) is 0 Å². The quantitative estimate of drug-likeness (QED) is 0.358. The SMILES string of the molecule is Cc1cc(N)c(NCCCCCCC(O)OC(C)(C)C)cc1C. The summed E-state index contributed by atoms with van der Waals surface area (Å²) < 4.78 is 5.49. The Morgan fingerprint density at radius 3 is 2.35 bits per heavy atom. The van der Waals surface area contributed by atoms with Crippen LogP contribution in [-0.2, 0) is 4.74 Å². The maximum atomic E-state index is 9.77. The lowest BCUT2D eigenvalue weighted by Crippen LogP contribution is -2.27. The number of aliphatic hydroxyl groups is 1. The Kier molecular flexibility index (Phi) is 7.86. The summed E-state index contributed by atoms with van der Waals surface area (Å²) in [6.07, 6.45) is 4.39. The topological polar surface area (TPSA) is 67.5 Å². The Bertz CT molecular complexity index is 481. The summed E-state index contributed by atoms with van der Waals surface area (Å²) in [6.45, 7) is 11.0. The van der Waals surface area contributed by atoms with E-state index in [2.05, 4.69) is 25.2 Å². The Labute approximate surface area is 141 Å². The molecule has 0 aliphatic carbocycles. The highest BCUT2D eigenvalue weighted by molar-refractivity contribution is 5.68. The number of aliphatic hydroxyl groups excluding tert-OH is 1. The molecule has 1 rings (SSSR count). The first-order valence-electron chi connectivity index (χ1n) is 8.65. The first kappa shape index (κ1) is 19.8. The molecule has 0 radical (unpaired) electrons. The van der Waals surface area contributed by atoms with Crippen LogP contribution in [0.1, 0.15) is 64.0 Å². The predicted molar refractivity (Wildman–Crippen MR) is 98.7 cm³/mol. The van der Waals surface area contributed by atoms with E-state index in [4.69, 9.17) is 10.5 Å². The molecular weight excluding hydrogens is 288 g/mol. The van der Waals surface area contributed by atoms with E-state index in [9.17, 15) is 5.11 Å². The molecule has 0 aliphatic heterocycles. The number of hydrogen-bond acceptors (Lipinski definition) is 4. The molecule has 0 heterocycles. The van der Waals surface area contributed by atoms with E-state index >= 15 is 0 Å². The normalized spacial score (nSPS) is 13.1. The van der Waals surface area contributed by atoms with Crippen molar-refractivity contribution in [2.75, 3.05) is 17.6 Å². The van der Waals surface area contributed by atoms with E-state index in [-0.39, 0.29) is 5.60 Å². The lowest BCUT2D eigenvalue weighted by atomic mass is 10.1. The fraction of sp³-hybridized carbons (Fsp3) is 0.684. The molecule has 0 aromatic heterocycles. The summed E-state index contributed by atoms with van der Waals surface area (Å²) in [5, 5.41) is 13.2. The van der Waals surface area contributed by atoms with E-state index in [1.807, 2.05) is 26.8 Å². The van der Waals surface area contributed by atoms with Gasteiger partial charge in [0.25, 0.3) is 0 Å². The van der Waals surface area contributed by atoms with Crippen LogP contribution in [0.5, 0.6) is 0 Å². The third-order valence-corrected chi connectivity index (χ3v) is 3.85. The maximum Gasteiger partial charge on any atom is 0.155 e. The van der Waals surface area contributed by atoms with Crippen LogP contribution in [0.15, 0.2) is 12.1 Å². The number of hydrogen-bond donors (Lipinski definition) is 3. The van der Waals surface area contributed by atoms with E-state index in [0.717, 1.165) is 43.6 Å². The molecule has 0 amide bonds. The molecule has 132 valence electrons. The first-order chi connectivity index (χ1) is 10.7. The molecule has 0 aliphatic rings. The monoisotopic (exact) mass is 322 g/mol. The van der Waals surface area contributed by atoms with Crippen LogP contribution in [0.2, 0.25) is 0 Å². The van der Waals surface area contributed by atoms with Gasteiger partial charge in [-0.1, -0.05) is 12.8 Å². The smallest absolute Gasteiger partial charge is 0.155 e. The minimum Gasteiger partial charge on any atom is -0.397 e. The number of nitrogens with one attached hydrogen (secondary N) is 1. The van der Waals surface area contributed by atoms with Crippen molar-refractivity contribution in [3.63, 3.8) is 0 Å². The Hall–Kier alpha value is -1.26. The summed E-state index contributed by atoms with van der Waals surface area (Å²) in [6, 6.07) is 4.14. The highest BCUT2D eigenvalue weighted by atomic mass is 16.6. The van der Waals surface area contributed by atoms with Crippen molar-refractivity contribution in [2.45, 2.75) is 78.6 Å². The van der Waals surface area contributed by atoms with Crippen LogP contribution in [0.3, 0.4) is 0 Å². The van der Waals surface area contributed by atoms with Crippen LogP contribution in [0.4, 0.5) is 11.4 Å². The van der Waals surface area contributed by atoms with Crippen molar-refractivity contribution in [3.8, 4) is 0 Å². The van der Waals surface area contributed by atoms with Gasteiger partial charge in [-0.15, -0.1) is 0 Å². The van der Waals surface area contributed by atoms with Gasteiger partial charge in [0.2, 0.25) is 0 Å². The van der Waals surface area contributed by atoms with E-state index in [0.29, 0.717) is 6.42 Å².